The van der Waals surface area contributed by atoms with Gasteiger partial charge in [0, 0.05) is 0 Å². The predicted molar refractivity (Wildman–Crippen MR) is 76.5 cm³/mol. The second kappa shape index (κ2) is 5.65. The summed E-state index contributed by atoms with van der Waals surface area (Å²) in [6, 6.07) is 0. The van der Waals surface area contributed by atoms with Crippen LogP contribution < -0.4 is 5.73 Å². The summed E-state index contributed by atoms with van der Waals surface area (Å²) in [6.45, 7) is -0.419. The van der Waals surface area contributed by atoms with E-state index in [-0.39, 0.29) is 5.82 Å². The summed E-state index contributed by atoms with van der Waals surface area (Å²) in [7, 11) is -3.69. The number of hydrogen-bond donors (Lipinski definition) is 3. The highest BCUT2D eigenvalue weighted by Gasteiger charge is 2.44. The molecule has 1 saturated heterocycles. The van der Waals surface area contributed by atoms with Crippen molar-refractivity contribution in [3.05, 3.63) is 12.7 Å². The highest BCUT2D eigenvalue weighted by Crippen LogP contribution is 2.32. The number of aliphatic hydroxyl groups excluding tert-OH is 2. The molecule has 0 saturated carbocycles. The third kappa shape index (κ3) is 2.98. The van der Waals surface area contributed by atoms with Gasteiger partial charge in [-0.05, 0) is 0 Å². The van der Waals surface area contributed by atoms with E-state index in [1.54, 1.807) is 0 Å². The Labute approximate surface area is 130 Å². The summed E-state index contributed by atoms with van der Waals surface area (Å²) in [5.41, 5.74) is 6.33. The van der Waals surface area contributed by atoms with Gasteiger partial charge in [-0.3, -0.25) is 8.75 Å². The molecule has 0 bridgehead atoms. The van der Waals surface area contributed by atoms with E-state index in [4.69, 9.17) is 10.5 Å². The van der Waals surface area contributed by atoms with Gasteiger partial charge in [-0.1, -0.05) is 0 Å². The quantitative estimate of drug-likeness (QED) is 0.528. The van der Waals surface area contributed by atoms with Crippen LogP contribution in [0.3, 0.4) is 0 Å². The minimum absolute atomic E-state index is 0.166. The maximum absolute atomic E-state index is 11.0. The zero-order chi connectivity index (χ0) is 16.8. The predicted octanol–water partition coefficient (Wildman–Crippen LogP) is -2.00. The molecule has 1 fully saturated rings. The molecule has 0 radical (unpaired) electrons. The maximum atomic E-state index is 11.0. The van der Waals surface area contributed by atoms with Gasteiger partial charge in [0.1, 0.15) is 30.2 Å². The highest BCUT2D eigenvalue weighted by molar-refractivity contribution is 7.85. The molecule has 12 heteroatoms. The minimum atomic E-state index is -3.69. The van der Waals surface area contributed by atoms with Crippen LogP contribution in [-0.2, 0) is 19.0 Å². The van der Waals surface area contributed by atoms with Crippen LogP contribution in [-0.4, -0.2) is 69.3 Å². The number of nitrogen functional groups attached to an aromatic ring is 1. The van der Waals surface area contributed by atoms with Crippen LogP contribution in [0.1, 0.15) is 6.23 Å². The zero-order valence-electron chi connectivity index (χ0n) is 12.0. The van der Waals surface area contributed by atoms with Gasteiger partial charge in [0.25, 0.3) is 10.1 Å². The van der Waals surface area contributed by atoms with Crippen LogP contribution in [0.2, 0.25) is 0 Å². The fraction of sp³-hybridized carbons (Fsp3) is 0.545. The summed E-state index contributed by atoms with van der Waals surface area (Å²) in [4.78, 5) is 11.9. The van der Waals surface area contributed by atoms with Crippen molar-refractivity contribution in [3.63, 3.8) is 0 Å². The lowest BCUT2D eigenvalue weighted by molar-refractivity contribution is -0.0466. The first-order chi connectivity index (χ1) is 10.8. The van der Waals surface area contributed by atoms with E-state index in [2.05, 4.69) is 19.1 Å². The average molecular weight is 345 g/mol. The van der Waals surface area contributed by atoms with Gasteiger partial charge in [0.05, 0.1) is 19.2 Å². The van der Waals surface area contributed by atoms with E-state index in [0.717, 1.165) is 6.26 Å². The molecule has 0 amide bonds. The van der Waals surface area contributed by atoms with Gasteiger partial charge in [0.15, 0.2) is 17.7 Å². The number of aromatic nitrogens is 4. The number of nitrogens with two attached hydrogens (primary N) is 1. The summed E-state index contributed by atoms with van der Waals surface area (Å²) in [6.07, 6.45) is -1.24. The maximum Gasteiger partial charge on any atom is 0.264 e. The number of hydrogen-bond acceptors (Lipinski definition) is 10. The molecule has 3 rings (SSSR count). The Morgan fingerprint density at radius 2 is 2.09 bits per heavy atom. The molecule has 2 aromatic rings. The fourth-order valence-corrected chi connectivity index (χ4v) is 2.72. The van der Waals surface area contributed by atoms with Crippen LogP contribution in [0.4, 0.5) is 5.82 Å². The topological polar surface area (TPSA) is 163 Å². The van der Waals surface area contributed by atoms with Gasteiger partial charge in [0.2, 0.25) is 0 Å². The Balaban J connectivity index is 1.86. The summed E-state index contributed by atoms with van der Waals surface area (Å²) in [5, 5.41) is 20.2. The molecular formula is C11H15N5O6S. The van der Waals surface area contributed by atoms with E-state index < -0.39 is 41.3 Å². The number of anilines is 1. The standard InChI is InChI=1S/C11H15N5O6S/c1-23(19,20)21-2-5-7(17)8(18)11(22-5)16-4-15-6-9(12)13-3-14-10(6)16/h3-5,7-8,11,17-18H,2H2,1H3,(H2,12,13,14)/t5-,7-,8-,11-/m1/s1. The second-order valence-electron chi connectivity index (χ2n) is 5.12. The molecule has 0 aliphatic carbocycles. The number of imidazole rings is 1. The molecule has 0 spiro atoms. The molecule has 1 aliphatic rings. The molecular weight excluding hydrogens is 330 g/mol. The van der Waals surface area contributed by atoms with Gasteiger partial charge >= 0.3 is 0 Å². The number of fused-ring (bicyclic) bond motifs is 1. The van der Waals surface area contributed by atoms with Crippen LogP contribution >= 0.6 is 0 Å². The van der Waals surface area contributed by atoms with Crippen LogP contribution in [0, 0.1) is 0 Å². The first kappa shape index (κ1) is 16.0. The Bertz CT molecular complexity index is 823. The molecule has 4 atom stereocenters. The van der Waals surface area contributed by atoms with Crippen molar-refractivity contribution < 1.29 is 27.6 Å². The first-order valence-corrected chi connectivity index (χ1v) is 8.38. The van der Waals surface area contributed by atoms with Crippen molar-refractivity contribution in [3.8, 4) is 0 Å². The summed E-state index contributed by atoms with van der Waals surface area (Å²) in [5.74, 6) is 0.166. The van der Waals surface area contributed by atoms with Crippen molar-refractivity contribution in [1.82, 2.24) is 19.5 Å². The van der Waals surface area contributed by atoms with E-state index >= 15 is 0 Å². The molecule has 126 valence electrons. The molecule has 23 heavy (non-hydrogen) atoms. The van der Waals surface area contributed by atoms with Crippen molar-refractivity contribution in [1.29, 1.82) is 0 Å². The van der Waals surface area contributed by atoms with E-state index in [9.17, 15) is 18.6 Å². The van der Waals surface area contributed by atoms with Gasteiger partial charge in [-0.2, -0.15) is 8.42 Å². The molecule has 3 heterocycles. The summed E-state index contributed by atoms with van der Waals surface area (Å²) < 4.78 is 33.6. The van der Waals surface area contributed by atoms with Crippen LogP contribution in [0.15, 0.2) is 12.7 Å². The smallest absolute Gasteiger partial charge is 0.264 e. The Kier molecular flexibility index (Phi) is 3.93. The fourth-order valence-electron chi connectivity index (χ4n) is 2.34. The molecule has 0 unspecified atom stereocenters. The van der Waals surface area contributed by atoms with Crippen molar-refractivity contribution >= 4 is 27.1 Å². The number of aliphatic hydroxyl groups is 2. The Morgan fingerprint density at radius 1 is 1.35 bits per heavy atom. The van der Waals surface area contributed by atoms with E-state index in [1.807, 2.05) is 0 Å². The monoisotopic (exact) mass is 345 g/mol. The lowest BCUT2D eigenvalue weighted by atomic mass is 10.1. The Hall–Kier alpha value is -1.86. The average Bonchev–Trinajstić information content (AvgIpc) is 3.01. The van der Waals surface area contributed by atoms with Gasteiger partial charge < -0.3 is 20.7 Å². The van der Waals surface area contributed by atoms with Gasteiger partial charge in [-0.15, -0.1) is 0 Å². The second-order valence-corrected chi connectivity index (χ2v) is 6.76. The third-order valence-corrected chi connectivity index (χ3v) is 4.01. The van der Waals surface area contributed by atoms with E-state index in [1.165, 1.54) is 17.2 Å². The minimum Gasteiger partial charge on any atom is -0.387 e. The SMILES string of the molecule is CS(=O)(=O)OC[C@H]1O[C@@H](n2cnc3c(N)ncnc32)[C@H](O)[C@@H]1O. The summed E-state index contributed by atoms with van der Waals surface area (Å²) >= 11 is 0. The Morgan fingerprint density at radius 3 is 2.78 bits per heavy atom. The molecule has 1 aliphatic heterocycles. The zero-order valence-corrected chi connectivity index (χ0v) is 12.8. The number of ether oxygens (including phenoxy) is 1. The molecule has 11 nitrogen and oxygen atoms in total. The number of nitrogens with zero attached hydrogens (tertiary/aromatic N) is 4. The van der Waals surface area contributed by atoms with Crippen molar-refractivity contribution in [2.24, 2.45) is 0 Å². The highest BCUT2D eigenvalue weighted by atomic mass is 32.2. The normalized spacial score (nSPS) is 28.5. The van der Waals surface area contributed by atoms with Gasteiger partial charge in [-0.25, -0.2) is 15.0 Å². The lowest BCUT2D eigenvalue weighted by Gasteiger charge is -2.16. The van der Waals surface area contributed by atoms with Crippen molar-refractivity contribution in [2.45, 2.75) is 24.5 Å². The van der Waals surface area contributed by atoms with Crippen LogP contribution in [0.5, 0.6) is 0 Å². The van der Waals surface area contributed by atoms with Crippen LogP contribution in [0.25, 0.3) is 11.2 Å². The lowest BCUT2D eigenvalue weighted by Crippen LogP contribution is -2.34. The molecule has 0 aromatic carbocycles. The third-order valence-electron chi connectivity index (χ3n) is 3.44. The van der Waals surface area contributed by atoms with Crippen molar-refractivity contribution in [2.75, 3.05) is 18.6 Å². The largest absolute Gasteiger partial charge is 0.387 e. The molecule has 2 aromatic heterocycles. The molecule has 4 N–H and O–H groups in total. The van der Waals surface area contributed by atoms with E-state index in [0.29, 0.717) is 11.2 Å². The first-order valence-electron chi connectivity index (χ1n) is 6.57. The number of rotatable bonds is 4.